The van der Waals surface area contributed by atoms with E-state index < -0.39 is 0 Å². The Hall–Kier alpha value is -0.870. The van der Waals surface area contributed by atoms with Crippen molar-refractivity contribution in [1.82, 2.24) is 4.90 Å². The maximum absolute atomic E-state index is 12.6. The van der Waals surface area contributed by atoms with Crippen molar-refractivity contribution in [3.8, 4) is 0 Å². The van der Waals surface area contributed by atoms with E-state index in [1.54, 1.807) is 0 Å². The third kappa shape index (κ3) is 3.57. The van der Waals surface area contributed by atoms with E-state index in [1.807, 2.05) is 30.0 Å². The van der Waals surface area contributed by atoms with Crippen LogP contribution in [0.2, 0.25) is 0 Å². The van der Waals surface area contributed by atoms with Crippen molar-refractivity contribution < 1.29 is 9.90 Å². The second-order valence-electron chi connectivity index (χ2n) is 5.18. The molecule has 104 valence electrons. The number of amides is 1. The Morgan fingerprint density at radius 2 is 2.16 bits per heavy atom. The molecular weight excluding hydrogens is 306 g/mol. The Kier molecular flexibility index (Phi) is 4.99. The largest absolute Gasteiger partial charge is 0.396 e. The predicted octanol–water partition coefficient (Wildman–Crippen LogP) is 3.13. The van der Waals surface area contributed by atoms with Crippen molar-refractivity contribution in [2.45, 2.75) is 38.6 Å². The molecule has 3 nitrogen and oxygen atoms in total. The highest BCUT2D eigenvalue weighted by atomic mass is 79.9. The molecule has 0 saturated heterocycles. The zero-order valence-electron chi connectivity index (χ0n) is 11.2. The number of carbonyl (C=O) groups is 1. The average molecular weight is 326 g/mol. The minimum atomic E-state index is 0.0857. The van der Waals surface area contributed by atoms with Gasteiger partial charge in [0.1, 0.15) is 0 Å². The topological polar surface area (TPSA) is 40.5 Å². The van der Waals surface area contributed by atoms with Gasteiger partial charge in [0.15, 0.2) is 0 Å². The first kappa shape index (κ1) is 14.5. The van der Waals surface area contributed by atoms with Crippen molar-refractivity contribution in [2.24, 2.45) is 0 Å². The summed E-state index contributed by atoms with van der Waals surface area (Å²) in [5.41, 5.74) is 1.81. The van der Waals surface area contributed by atoms with Crippen LogP contribution in [-0.2, 0) is 0 Å². The molecule has 2 rings (SSSR count). The van der Waals surface area contributed by atoms with Crippen molar-refractivity contribution in [3.63, 3.8) is 0 Å². The SMILES string of the molecule is Cc1cc(Br)cc(C(=O)N(CCCO)C2CCC2)c1. The lowest BCUT2D eigenvalue weighted by molar-refractivity contribution is 0.0562. The summed E-state index contributed by atoms with van der Waals surface area (Å²) in [6.45, 7) is 2.77. The van der Waals surface area contributed by atoms with Gasteiger partial charge >= 0.3 is 0 Å². The molecule has 0 radical (unpaired) electrons. The van der Waals surface area contributed by atoms with E-state index in [0.29, 0.717) is 19.0 Å². The van der Waals surface area contributed by atoms with Gasteiger partial charge in [-0.15, -0.1) is 0 Å². The summed E-state index contributed by atoms with van der Waals surface area (Å²) in [5.74, 6) is 0.0857. The maximum Gasteiger partial charge on any atom is 0.254 e. The lowest BCUT2D eigenvalue weighted by atomic mass is 9.90. The molecule has 1 amide bonds. The number of nitrogens with zero attached hydrogens (tertiary/aromatic N) is 1. The molecule has 1 aromatic rings. The number of hydrogen-bond acceptors (Lipinski definition) is 2. The Labute approximate surface area is 122 Å². The predicted molar refractivity (Wildman–Crippen MR) is 79.3 cm³/mol. The minimum Gasteiger partial charge on any atom is -0.396 e. The van der Waals surface area contributed by atoms with E-state index in [0.717, 1.165) is 28.4 Å². The highest BCUT2D eigenvalue weighted by Gasteiger charge is 2.29. The highest BCUT2D eigenvalue weighted by Crippen LogP contribution is 2.27. The number of aryl methyl sites for hydroxylation is 1. The third-order valence-corrected chi connectivity index (χ3v) is 4.08. The molecule has 0 aromatic heterocycles. The first-order chi connectivity index (χ1) is 9.11. The zero-order valence-corrected chi connectivity index (χ0v) is 12.8. The fourth-order valence-electron chi connectivity index (χ4n) is 2.41. The Bertz CT molecular complexity index is 437. The van der Waals surface area contributed by atoms with E-state index in [-0.39, 0.29) is 12.5 Å². The molecule has 0 spiro atoms. The summed E-state index contributed by atoms with van der Waals surface area (Å²) in [7, 11) is 0. The molecule has 1 aliphatic rings. The van der Waals surface area contributed by atoms with Gasteiger partial charge < -0.3 is 10.0 Å². The number of hydrogen-bond donors (Lipinski definition) is 1. The van der Waals surface area contributed by atoms with Crippen LogP contribution in [0, 0.1) is 6.92 Å². The van der Waals surface area contributed by atoms with Crippen molar-refractivity contribution in [2.75, 3.05) is 13.2 Å². The van der Waals surface area contributed by atoms with Gasteiger partial charge in [-0.25, -0.2) is 0 Å². The lowest BCUT2D eigenvalue weighted by Crippen LogP contribution is -2.45. The highest BCUT2D eigenvalue weighted by molar-refractivity contribution is 9.10. The van der Waals surface area contributed by atoms with Crippen LogP contribution in [0.3, 0.4) is 0 Å². The van der Waals surface area contributed by atoms with Crippen LogP contribution < -0.4 is 0 Å². The molecule has 1 aromatic carbocycles. The number of halogens is 1. The second kappa shape index (κ2) is 6.53. The monoisotopic (exact) mass is 325 g/mol. The summed E-state index contributed by atoms with van der Waals surface area (Å²) < 4.78 is 0.937. The minimum absolute atomic E-state index is 0.0857. The van der Waals surface area contributed by atoms with Gasteiger partial charge in [-0.05, 0) is 56.4 Å². The summed E-state index contributed by atoms with van der Waals surface area (Å²) >= 11 is 3.44. The van der Waals surface area contributed by atoms with Crippen LogP contribution in [0.25, 0.3) is 0 Å². The van der Waals surface area contributed by atoms with Crippen LogP contribution in [0.1, 0.15) is 41.6 Å². The number of carbonyl (C=O) groups excluding carboxylic acids is 1. The van der Waals surface area contributed by atoms with E-state index in [1.165, 1.54) is 6.42 Å². The van der Waals surface area contributed by atoms with Crippen LogP contribution in [-0.4, -0.2) is 35.1 Å². The molecule has 1 saturated carbocycles. The van der Waals surface area contributed by atoms with Crippen LogP contribution >= 0.6 is 15.9 Å². The molecule has 1 aliphatic carbocycles. The molecule has 0 unspecified atom stereocenters. The fraction of sp³-hybridized carbons (Fsp3) is 0.533. The fourth-order valence-corrected chi connectivity index (χ4v) is 3.02. The maximum atomic E-state index is 12.6. The smallest absolute Gasteiger partial charge is 0.254 e. The standard InChI is InChI=1S/C15H20BrNO2/c1-11-8-12(10-13(16)9-11)15(19)17(6-3-7-18)14-4-2-5-14/h8-10,14,18H,2-7H2,1H3. The third-order valence-electron chi connectivity index (χ3n) is 3.62. The van der Waals surface area contributed by atoms with Crippen molar-refractivity contribution >= 4 is 21.8 Å². The quantitative estimate of drug-likeness (QED) is 0.903. The Balaban J connectivity index is 2.17. The average Bonchev–Trinajstić information content (AvgIpc) is 2.29. The number of benzene rings is 1. The first-order valence-electron chi connectivity index (χ1n) is 6.81. The lowest BCUT2D eigenvalue weighted by Gasteiger charge is -2.37. The molecule has 0 aliphatic heterocycles. The Morgan fingerprint density at radius 1 is 1.42 bits per heavy atom. The van der Waals surface area contributed by atoms with Crippen LogP contribution in [0.4, 0.5) is 0 Å². The zero-order chi connectivity index (χ0) is 13.8. The van der Waals surface area contributed by atoms with Crippen LogP contribution in [0.15, 0.2) is 22.7 Å². The van der Waals surface area contributed by atoms with Gasteiger partial charge in [0.2, 0.25) is 0 Å². The molecule has 1 fully saturated rings. The molecule has 4 heteroatoms. The van der Waals surface area contributed by atoms with Crippen molar-refractivity contribution in [1.29, 1.82) is 0 Å². The molecule has 0 bridgehead atoms. The van der Waals surface area contributed by atoms with E-state index >= 15 is 0 Å². The molecule has 1 N–H and O–H groups in total. The molecule has 0 atom stereocenters. The normalized spacial score (nSPS) is 15.1. The van der Waals surface area contributed by atoms with Gasteiger partial charge in [0.25, 0.3) is 5.91 Å². The van der Waals surface area contributed by atoms with Gasteiger partial charge in [-0.3, -0.25) is 4.79 Å². The summed E-state index contributed by atoms with van der Waals surface area (Å²) in [4.78, 5) is 14.5. The van der Waals surface area contributed by atoms with Crippen LogP contribution in [0.5, 0.6) is 0 Å². The number of aliphatic hydroxyl groups is 1. The summed E-state index contributed by atoms with van der Waals surface area (Å²) in [6.07, 6.45) is 4.02. The number of aliphatic hydroxyl groups excluding tert-OH is 1. The summed E-state index contributed by atoms with van der Waals surface area (Å²) in [5, 5.41) is 8.98. The molecular formula is C15H20BrNO2. The first-order valence-corrected chi connectivity index (χ1v) is 7.60. The van der Waals surface area contributed by atoms with Gasteiger partial charge in [0, 0.05) is 29.2 Å². The van der Waals surface area contributed by atoms with Gasteiger partial charge in [-0.2, -0.15) is 0 Å². The number of rotatable bonds is 5. The molecule has 0 heterocycles. The molecule has 19 heavy (non-hydrogen) atoms. The van der Waals surface area contributed by atoms with Gasteiger partial charge in [-0.1, -0.05) is 15.9 Å². The second-order valence-corrected chi connectivity index (χ2v) is 6.09. The Morgan fingerprint density at radius 3 is 2.68 bits per heavy atom. The van der Waals surface area contributed by atoms with E-state index in [2.05, 4.69) is 15.9 Å². The van der Waals surface area contributed by atoms with E-state index in [4.69, 9.17) is 5.11 Å². The van der Waals surface area contributed by atoms with E-state index in [9.17, 15) is 4.79 Å². The van der Waals surface area contributed by atoms with Gasteiger partial charge in [0.05, 0.1) is 0 Å². The van der Waals surface area contributed by atoms with Crippen molar-refractivity contribution in [3.05, 3.63) is 33.8 Å². The summed E-state index contributed by atoms with van der Waals surface area (Å²) in [6, 6.07) is 6.16.